The zero-order chi connectivity index (χ0) is 12.6. The molecule has 1 N–H and O–H groups in total. The van der Waals surface area contributed by atoms with Crippen molar-refractivity contribution in [3.05, 3.63) is 12.3 Å². The SMILES string of the molecule is C=C(NCC(C)CCCCCC)C(C)(C)C. The van der Waals surface area contributed by atoms with Gasteiger partial charge in [-0.3, -0.25) is 0 Å². The van der Waals surface area contributed by atoms with E-state index in [-0.39, 0.29) is 5.41 Å². The van der Waals surface area contributed by atoms with Crippen LogP contribution in [0, 0.1) is 11.3 Å². The zero-order valence-electron chi connectivity index (χ0n) is 12.0. The molecule has 0 rings (SSSR count). The van der Waals surface area contributed by atoms with Crippen molar-refractivity contribution in [2.75, 3.05) is 6.54 Å². The highest BCUT2D eigenvalue weighted by Crippen LogP contribution is 2.21. The summed E-state index contributed by atoms with van der Waals surface area (Å²) in [6.07, 6.45) is 6.81. The van der Waals surface area contributed by atoms with Crippen molar-refractivity contribution in [3.63, 3.8) is 0 Å². The van der Waals surface area contributed by atoms with Crippen LogP contribution in [0.1, 0.15) is 66.7 Å². The molecule has 0 amide bonds. The summed E-state index contributed by atoms with van der Waals surface area (Å²) < 4.78 is 0. The van der Waals surface area contributed by atoms with Crippen LogP contribution in [-0.2, 0) is 0 Å². The Morgan fingerprint density at radius 3 is 2.31 bits per heavy atom. The third kappa shape index (κ3) is 7.78. The summed E-state index contributed by atoms with van der Waals surface area (Å²) in [6, 6.07) is 0. The lowest BCUT2D eigenvalue weighted by Crippen LogP contribution is -2.27. The first-order chi connectivity index (χ1) is 7.38. The molecule has 1 nitrogen and oxygen atoms in total. The predicted octanol–water partition coefficient (Wildman–Crippen LogP) is 4.74. The molecule has 0 fully saturated rings. The van der Waals surface area contributed by atoms with Crippen molar-refractivity contribution in [2.45, 2.75) is 66.7 Å². The monoisotopic (exact) mass is 225 g/mol. The van der Waals surface area contributed by atoms with E-state index in [4.69, 9.17) is 0 Å². The fourth-order valence-corrected chi connectivity index (χ4v) is 1.58. The molecule has 0 radical (unpaired) electrons. The van der Waals surface area contributed by atoms with Crippen molar-refractivity contribution in [2.24, 2.45) is 11.3 Å². The number of allylic oxidation sites excluding steroid dienone is 1. The molecule has 0 aliphatic heterocycles. The van der Waals surface area contributed by atoms with Gasteiger partial charge in [-0.15, -0.1) is 0 Å². The average molecular weight is 225 g/mol. The lowest BCUT2D eigenvalue weighted by Gasteiger charge is -2.25. The Kier molecular flexibility index (Phi) is 7.53. The maximum atomic E-state index is 4.10. The number of hydrogen-bond acceptors (Lipinski definition) is 1. The molecular formula is C15H31N. The normalized spacial score (nSPS) is 13.6. The standard InChI is InChI=1S/C15H31N/c1-7-8-9-10-11-13(2)12-16-14(3)15(4,5)6/h13,16H,3,7-12H2,1-2,4-6H3. The van der Waals surface area contributed by atoms with Crippen LogP contribution in [0.5, 0.6) is 0 Å². The highest BCUT2D eigenvalue weighted by atomic mass is 14.9. The summed E-state index contributed by atoms with van der Waals surface area (Å²) in [5, 5.41) is 3.47. The lowest BCUT2D eigenvalue weighted by molar-refractivity contribution is 0.419. The van der Waals surface area contributed by atoms with Crippen LogP contribution >= 0.6 is 0 Å². The molecule has 0 aromatic heterocycles. The van der Waals surface area contributed by atoms with E-state index in [1.807, 2.05) is 0 Å². The lowest BCUT2D eigenvalue weighted by atomic mass is 9.92. The van der Waals surface area contributed by atoms with E-state index >= 15 is 0 Å². The van der Waals surface area contributed by atoms with E-state index in [1.165, 1.54) is 32.1 Å². The summed E-state index contributed by atoms with van der Waals surface area (Å²) in [5.41, 5.74) is 1.34. The smallest absolute Gasteiger partial charge is 0.0169 e. The van der Waals surface area contributed by atoms with Crippen LogP contribution in [0.3, 0.4) is 0 Å². The van der Waals surface area contributed by atoms with Gasteiger partial charge in [0.2, 0.25) is 0 Å². The van der Waals surface area contributed by atoms with Crippen LogP contribution in [0.15, 0.2) is 12.3 Å². The first kappa shape index (κ1) is 15.5. The van der Waals surface area contributed by atoms with Gasteiger partial charge in [-0.25, -0.2) is 0 Å². The second-order valence-electron chi connectivity index (χ2n) is 6.06. The summed E-state index contributed by atoms with van der Waals surface area (Å²) in [6.45, 7) is 16.4. The van der Waals surface area contributed by atoms with Crippen LogP contribution in [0.2, 0.25) is 0 Å². The van der Waals surface area contributed by atoms with Gasteiger partial charge >= 0.3 is 0 Å². The molecular weight excluding hydrogens is 194 g/mol. The Bertz CT molecular complexity index is 188. The fraction of sp³-hybridized carbons (Fsp3) is 0.867. The third-order valence-corrected chi connectivity index (χ3v) is 3.12. The van der Waals surface area contributed by atoms with Crippen LogP contribution < -0.4 is 5.32 Å². The number of nitrogens with one attached hydrogen (secondary N) is 1. The molecule has 0 saturated heterocycles. The molecule has 0 spiro atoms. The summed E-state index contributed by atoms with van der Waals surface area (Å²) >= 11 is 0. The minimum Gasteiger partial charge on any atom is -0.388 e. The van der Waals surface area contributed by atoms with Crippen LogP contribution in [-0.4, -0.2) is 6.54 Å². The van der Waals surface area contributed by atoms with Crippen LogP contribution in [0.25, 0.3) is 0 Å². The molecule has 1 unspecified atom stereocenters. The van der Waals surface area contributed by atoms with Gasteiger partial charge in [-0.1, -0.05) is 66.9 Å². The molecule has 0 aromatic rings. The molecule has 16 heavy (non-hydrogen) atoms. The van der Waals surface area contributed by atoms with Crippen molar-refractivity contribution in [3.8, 4) is 0 Å². The second-order valence-corrected chi connectivity index (χ2v) is 6.06. The number of rotatable bonds is 8. The Hall–Kier alpha value is -0.460. The topological polar surface area (TPSA) is 12.0 Å². The summed E-state index contributed by atoms with van der Waals surface area (Å²) in [7, 11) is 0. The largest absolute Gasteiger partial charge is 0.388 e. The molecule has 96 valence electrons. The number of hydrogen-bond donors (Lipinski definition) is 1. The van der Waals surface area contributed by atoms with Gasteiger partial charge in [-0.05, 0) is 12.3 Å². The maximum Gasteiger partial charge on any atom is 0.0169 e. The van der Waals surface area contributed by atoms with E-state index in [0.717, 1.165) is 18.2 Å². The molecule has 0 bridgehead atoms. The minimum absolute atomic E-state index is 0.182. The van der Waals surface area contributed by atoms with Crippen molar-refractivity contribution < 1.29 is 0 Å². The van der Waals surface area contributed by atoms with Gasteiger partial charge in [0, 0.05) is 17.7 Å². The highest BCUT2D eigenvalue weighted by molar-refractivity contribution is 5.02. The van der Waals surface area contributed by atoms with Gasteiger partial charge in [-0.2, -0.15) is 0 Å². The van der Waals surface area contributed by atoms with Gasteiger partial charge < -0.3 is 5.32 Å². The minimum atomic E-state index is 0.182. The first-order valence-corrected chi connectivity index (χ1v) is 6.81. The Morgan fingerprint density at radius 1 is 1.19 bits per heavy atom. The van der Waals surface area contributed by atoms with E-state index in [2.05, 4.69) is 46.5 Å². The van der Waals surface area contributed by atoms with Crippen molar-refractivity contribution in [1.82, 2.24) is 5.32 Å². The van der Waals surface area contributed by atoms with Gasteiger partial charge in [0.25, 0.3) is 0 Å². The molecule has 1 atom stereocenters. The Balaban J connectivity index is 3.57. The van der Waals surface area contributed by atoms with E-state index in [9.17, 15) is 0 Å². The summed E-state index contributed by atoms with van der Waals surface area (Å²) in [5.74, 6) is 0.760. The third-order valence-electron chi connectivity index (χ3n) is 3.12. The van der Waals surface area contributed by atoms with E-state index in [1.54, 1.807) is 0 Å². The quantitative estimate of drug-likeness (QED) is 0.588. The molecule has 0 aromatic carbocycles. The second kappa shape index (κ2) is 7.76. The van der Waals surface area contributed by atoms with Crippen molar-refractivity contribution >= 4 is 0 Å². The average Bonchev–Trinajstić information content (AvgIpc) is 2.19. The Morgan fingerprint density at radius 2 is 1.81 bits per heavy atom. The zero-order valence-corrected chi connectivity index (χ0v) is 12.0. The fourth-order valence-electron chi connectivity index (χ4n) is 1.58. The molecule has 0 aliphatic rings. The molecule has 0 saturated carbocycles. The van der Waals surface area contributed by atoms with Crippen LogP contribution in [0.4, 0.5) is 0 Å². The van der Waals surface area contributed by atoms with E-state index < -0.39 is 0 Å². The van der Waals surface area contributed by atoms with E-state index in [0.29, 0.717) is 0 Å². The first-order valence-electron chi connectivity index (χ1n) is 6.81. The highest BCUT2D eigenvalue weighted by Gasteiger charge is 2.14. The predicted molar refractivity (Wildman–Crippen MR) is 74.5 cm³/mol. The molecule has 1 heteroatoms. The molecule has 0 aliphatic carbocycles. The molecule has 0 heterocycles. The van der Waals surface area contributed by atoms with Gasteiger partial charge in [0.15, 0.2) is 0 Å². The maximum absolute atomic E-state index is 4.10. The van der Waals surface area contributed by atoms with Gasteiger partial charge in [0.1, 0.15) is 0 Å². The van der Waals surface area contributed by atoms with Gasteiger partial charge in [0.05, 0.1) is 0 Å². The summed E-state index contributed by atoms with van der Waals surface area (Å²) in [4.78, 5) is 0. The number of unbranched alkanes of at least 4 members (excludes halogenated alkanes) is 3. The van der Waals surface area contributed by atoms with Crippen molar-refractivity contribution in [1.29, 1.82) is 0 Å². The Labute approximate surface area is 103 Å².